The van der Waals surface area contributed by atoms with Gasteiger partial charge in [0, 0.05) is 37.4 Å². The number of thiophene rings is 1. The Kier molecular flexibility index (Phi) is 7.72. The number of carbonyl (C=O) groups is 1. The Labute approximate surface area is 124 Å². The zero-order chi connectivity index (χ0) is 14.8. The van der Waals surface area contributed by atoms with Gasteiger partial charge in [-0.3, -0.25) is 9.79 Å². The monoisotopic (exact) mass is 296 g/mol. The van der Waals surface area contributed by atoms with Gasteiger partial charge in [0.25, 0.3) is 0 Å². The quantitative estimate of drug-likeness (QED) is 0.406. The van der Waals surface area contributed by atoms with Crippen molar-refractivity contribution in [3.63, 3.8) is 0 Å². The normalized spacial score (nSPS) is 12.8. The van der Waals surface area contributed by atoms with Crippen molar-refractivity contribution in [1.82, 2.24) is 16.0 Å². The van der Waals surface area contributed by atoms with Crippen LogP contribution >= 0.6 is 11.3 Å². The van der Waals surface area contributed by atoms with Crippen molar-refractivity contribution in [2.24, 2.45) is 4.99 Å². The molecule has 1 atom stereocenters. The molecule has 1 amide bonds. The molecular formula is C14H24N4OS. The topological polar surface area (TPSA) is 65.5 Å². The first kappa shape index (κ1) is 16.5. The van der Waals surface area contributed by atoms with Crippen LogP contribution in [0.15, 0.2) is 22.5 Å². The first-order valence-corrected chi connectivity index (χ1v) is 7.81. The fourth-order valence-corrected chi connectivity index (χ4v) is 2.43. The van der Waals surface area contributed by atoms with E-state index in [2.05, 4.69) is 45.4 Å². The number of nitrogens with one attached hydrogen (secondary N) is 3. The largest absolute Gasteiger partial charge is 0.357 e. The van der Waals surface area contributed by atoms with Crippen LogP contribution in [0, 0.1) is 0 Å². The van der Waals surface area contributed by atoms with E-state index in [4.69, 9.17) is 0 Å². The van der Waals surface area contributed by atoms with Gasteiger partial charge < -0.3 is 16.0 Å². The summed E-state index contributed by atoms with van der Waals surface area (Å²) in [6.45, 7) is 8.56. The van der Waals surface area contributed by atoms with E-state index in [9.17, 15) is 4.79 Å². The Morgan fingerprint density at radius 1 is 1.35 bits per heavy atom. The Morgan fingerprint density at radius 3 is 2.70 bits per heavy atom. The van der Waals surface area contributed by atoms with Crippen molar-refractivity contribution >= 4 is 23.2 Å². The number of hydrogen-bond acceptors (Lipinski definition) is 3. The molecule has 0 bridgehead atoms. The molecular weight excluding hydrogens is 272 g/mol. The fraction of sp³-hybridized carbons (Fsp3) is 0.571. The molecule has 112 valence electrons. The Hall–Kier alpha value is -1.56. The van der Waals surface area contributed by atoms with Gasteiger partial charge in [0.05, 0.1) is 6.54 Å². The molecule has 1 aromatic heterocycles. The first-order chi connectivity index (χ1) is 9.63. The van der Waals surface area contributed by atoms with E-state index in [0.717, 1.165) is 19.0 Å². The zero-order valence-electron chi connectivity index (χ0n) is 12.4. The lowest BCUT2D eigenvalue weighted by Crippen LogP contribution is -2.41. The van der Waals surface area contributed by atoms with Crippen molar-refractivity contribution in [3.05, 3.63) is 22.4 Å². The minimum Gasteiger partial charge on any atom is -0.357 e. The van der Waals surface area contributed by atoms with Crippen molar-refractivity contribution in [1.29, 1.82) is 0 Å². The highest BCUT2D eigenvalue weighted by atomic mass is 32.1. The zero-order valence-corrected chi connectivity index (χ0v) is 13.2. The number of hydrogen-bond donors (Lipinski definition) is 3. The number of nitrogens with zero attached hydrogens (tertiary/aromatic N) is 1. The summed E-state index contributed by atoms with van der Waals surface area (Å²) in [5, 5.41) is 11.2. The molecule has 0 aliphatic rings. The third-order valence-corrected chi connectivity index (χ3v) is 3.79. The summed E-state index contributed by atoms with van der Waals surface area (Å²) >= 11 is 1.76. The molecule has 6 heteroatoms. The summed E-state index contributed by atoms with van der Waals surface area (Å²) in [6, 6.07) is 4.21. The Balaban J connectivity index is 2.39. The van der Waals surface area contributed by atoms with Crippen molar-refractivity contribution in [3.8, 4) is 0 Å². The lowest BCUT2D eigenvalue weighted by Gasteiger charge is -2.13. The van der Waals surface area contributed by atoms with Crippen LogP contribution in [0.1, 0.15) is 31.6 Å². The van der Waals surface area contributed by atoms with Gasteiger partial charge in [-0.15, -0.1) is 11.3 Å². The van der Waals surface area contributed by atoms with E-state index in [1.165, 1.54) is 11.8 Å². The molecule has 0 fully saturated rings. The lowest BCUT2D eigenvalue weighted by atomic mass is 10.1. The molecule has 0 aliphatic carbocycles. The van der Waals surface area contributed by atoms with E-state index >= 15 is 0 Å². The Bertz CT molecular complexity index is 417. The van der Waals surface area contributed by atoms with Crippen LogP contribution in [0.5, 0.6) is 0 Å². The van der Waals surface area contributed by atoms with E-state index < -0.39 is 0 Å². The maximum Gasteiger partial charge on any atom is 0.216 e. The van der Waals surface area contributed by atoms with Crippen LogP contribution in [-0.4, -0.2) is 38.0 Å². The van der Waals surface area contributed by atoms with Gasteiger partial charge in [-0.05, 0) is 18.4 Å². The van der Waals surface area contributed by atoms with Gasteiger partial charge in [0.15, 0.2) is 5.96 Å². The molecule has 1 aromatic rings. The highest BCUT2D eigenvalue weighted by Gasteiger charge is 2.06. The molecule has 0 saturated carbocycles. The van der Waals surface area contributed by atoms with Crippen LogP contribution in [0.25, 0.3) is 0 Å². The van der Waals surface area contributed by atoms with Gasteiger partial charge in [-0.2, -0.15) is 0 Å². The predicted molar refractivity (Wildman–Crippen MR) is 85.4 cm³/mol. The number of carbonyl (C=O) groups excluding carboxylic acids is 1. The van der Waals surface area contributed by atoms with Crippen LogP contribution < -0.4 is 16.0 Å². The van der Waals surface area contributed by atoms with Crippen LogP contribution in [0.2, 0.25) is 0 Å². The van der Waals surface area contributed by atoms with Gasteiger partial charge in [0.2, 0.25) is 5.91 Å². The Morgan fingerprint density at radius 2 is 2.10 bits per heavy atom. The van der Waals surface area contributed by atoms with Gasteiger partial charge in [-0.1, -0.05) is 13.0 Å². The van der Waals surface area contributed by atoms with Crippen LogP contribution in [-0.2, 0) is 4.79 Å². The van der Waals surface area contributed by atoms with Crippen LogP contribution in [0.3, 0.4) is 0 Å². The summed E-state index contributed by atoms with van der Waals surface area (Å²) in [6.07, 6.45) is 0. The fourth-order valence-electron chi connectivity index (χ4n) is 1.65. The summed E-state index contributed by atoms with van der Waals surface area (Å²) in [4.78, 5) is 16.7. The highest BCUT2D eigenvalue weighted by Crippen LogP contribution is 2.20. The van der Waals surface area contributed by atoms with Crippen molar-refractivity contribution in [2.45, 2.75) is 26.7 Å². The first-order valence-electron chi connectivity index (χ1n) is 6.93. The summed E-state index contributed by atoms with van der Waals surface area (Å²) < 4.78 is 0. The molecule has 0 aromatic carbocycles. The maximum absolute atomic E-state index is 10.8. The molecule has 3 N–H and O–H groups in total. The van der Waals surface area contributed by atoms with Gasteiger partial charge in [-0.25, -0.2) is 0 Å². The number of rotatable bonds is 7. The maximum atomic E-state index is 10.8. The average molecular weight is 296 g/mol. The molecule has 0 spiro atoms. The molecule has 5 nitrogen and oxygen atoms in total. The van der Waals surface area contributed by atoms with Crippen molar-refractivity contribution in [2.75, 3.05) is 26.2 Å². The van der Waals surface area contributed by atoms with Gasteiger partial charge in [0.1, 0.15) is 0 Å². The second-order valence-corrected chi connectivity index (χ2v) is 5.53. The molecule has 0 aliphatic heterocycles. The molecule has 0 radical (unpaired) electrons. The van der Waals surface area contributed by atoms with E-state index in [1.807, 2.05) is 6.92 Å². The number of guanidine groups is 1. The SMILES string of the molecule is CCNC(=NCC(C)c1cccs1)NCCNC(C)=O. The molecule has 1 unspecified atom stereocenters. The second kappa shape index (κ2) is 9.36. The second-order valence-electron chi connectivity index (χ2n) is 4.55. The average Bonchev–Trinajstić information content (AvgIpc) is 2.94. The van der Waals surface area contributed by atoms with Gasteiger partial charge >= 0.3 is 0 Å². The molecule has 20 heavy (non-hydrogen) atoms. The minimum absolute atomic E-state index is 0.0138. The third kappa shape index (κ3) is 6.56. The number of aliphatic imine (C=N–C) groups is 1. The third-order valence-electron chi connectivity index (χ3n) is 2.69. The van der Waals surface area contributed by atoms with E-state index in [0.29, 0.717) is 19.0 Å². The molecule has 0 saturated heterocycles. The van der Waals surface area contributed by atoms with E-state index in [1.54, 1.807) is 11.3 Å². The van der Waals surface area contributed by atoms with E-state index in [-0.39, 0.29) is 5.91 Å². The summed E-state index contributed by atoms with van der Waals surface area (Å²) in [5.41, 5.74) is 0. The van der Waals surface area contributed by atoms with Crippen molar-refractivity contribution < 1.29 is 4.79 Å². The highest BCUT2D eigenvalue weighted by molar-refractivity contribution is 7.10. The molecule has 1 heterocycles. The summed E-state index contributed by atoms with van der Waals surface area (Å²) in [5.74, 6) is 1.20. The lowest BCUT2D eigenvalue weighted by molar-refractivity contribution is -0.118. The standard InChI is InChI=1S/C14H24N4OS/c1-4-15-14(17-8-7-16-12(3)19)18-10-11(2)13-6-5-9-20-13/h5-6,9,11H,4,7-8,10H2,1-3H3,(H,16,19)(H2,15,17,18). The number of amides is 1. The smallest absolute Gasteiger partial charge is 0.216 e. The summed E-state index contributed by atoms with van der Waals surface area (Å²) in [7, 11) is 0. The van der Waals surface area contributed by atoms with Crippen LogP contribution in [0.4, 0.5) is 0 Å². The minimum atomic E-state index is -0.0138. The predicted octanol–water partition coefficient (Wildman–Crippen LogP) is 1.54. The molecule has 1 rings (SSSR count).